The fourth-order valence-corrected chi connectivity index (χ4v) is 1.60. The molecule has 2 rings (SSSR count). The van der Waals surface area contributed by atoms with Crippen molar-refractivity contribution in [3.8, 4) is 11.5 Å². The third-order valence-electron chi connectivity index (χ3n) is 2.49. The molecule has 1 saturated heterocycles. The van der Waals surface area contributed by atoms with Crippen molar-refractivity contribution in [3.63, 3.8) is 0 Å². The average Bonchev–Trinajstić information content (AvgIpc) is 3.00. The Labute approximate surface area is 90.0 Å². The van der Waals surface area contributed by atoms with Crippen molar-refractivity contribution in [2.75, 3.05) is 20.3 Å². The van der Waals surface area contributed by atoms with Gasteiger partial charge in [0.05, 0.1) is 13.7 Å². The summed E-state index contributed by atoms with van der Waals surface area (Å²) in [4.78, 5) is 0. The number of rotatable bonds is 4. The molecular formula is C12H16O3. The SMILES string of the molecule is COc1cc(C)c(OCC2CO2)c(C)c1. The third kappa shape index (κ3) is 2.42. The van der Waals surface area contributed by atoms with Gasteiger partial charge in [0, 0.05) is 0 Å². The van der Waals surface area contributed by atoms with E-state index in [0.29, 0.717) is 12.7 Å². The van der Waals surface area contributed by atoms with Crippen LogP contribution < -0.4 is 9.47 Å². The van der Waals surface area contributed by atoms with E-state index in [9.17, 15) is 0 Å². The standard InChI is InChI=1S/C12H16O3/c1-8-4-10(13-3)5-9(2)12(8)15-7-11-6-14-11/h4-5,11H,6-7H2,1-3H3. The number of epoxide rings is 1. The molecule has 0 aromatic heterocycles. The van der Waals surface area contributed by atoms with Crippen molar-refractivity contribution in [1.29, 1.82) is 0 Å². The summed E-state index contributed by atoms with van der Waals surface area (Å²) < 4.78 is 16.0. The summed E-state index contributed by atoms with van der Waals surface area (Å²) in [5, 5.41) is 0. The Kier molecular flexibility index (Phi) is 2.82. The molecule has 1 aromatic rings. The molecule has 1 fully saturated rings. The normalized spacial score (nSPS) is 18.7. The van der Waals surface area contributed by atoms with E-state index in [1.165, 1.54) is 0 Å². The van der Waals surface area contributed by atoms with Gasteiger partial charge < -0.3 is 14.2 Å². The van der Waals surface area contributed by atoms with Crippen LogP contribution in [0.5, 0.6) is 11.5 Å². The van der Waals surface area contributed by atoms with E-state index >= 15 is 0 Å². The van der Waals surface area contributed by atoms with Crippen molar-refractivity contribution >= 4 is 0 Å². The lowest BCUT2D eigenvalue weighted by Crippen LogP contribution is -2.06. The topological polar surface area (TPSA) is 31.0 Å². The molecule has 0 N–H and O–H groups in total. The van der Waals surface area contributed by atoms with Gasteiger partial charge >= 0.3 is 0 Å². The minimum absolute atomic E-state index is 0.297. The van der Waals surface area contributed by atoms with Crippen molar-refractivity contribution in [2.45, 2.75) is 20.0 Å². The summed E-state index contributed by atoms with van der Waals surface area (Å²) in [6.07, 6.45) is 0.297. The highest BCUT2D eigenvalue weighted by Crippen LogP contribution is 2.28. The quantitative estimate of drug-likeness (QED) is 0.710. The lowest BCUT2D eigenvalue weighted by molar-refractivity contribution is 0.260. The number of ether oxygens (including phenoxy) is 3. The van der Waals surface area contributed by atoms with Gasteiger partial charge in [-0.3, -0.25) is 0 Å². The minimum Gasteiger partial charge on any atom is -0.497 e. The van der Waals surface area contributed by atoms with Crippen LogP contribution in [0.15, 0.2) is 12.1 Å². The van der Waals surface area contributed by atoms with Crippen LogP contribution >= 0.6 is 0 Å². The predicted octanol–water partition coefficient (Wildman–Crippen LogP) is 2.09. The second-order valence-electron chi connectivity index (χ2n) is 3.86. The summed E-state index contributed by atoms with van der Waals surface area (Å²) in [5.74, 6) is 1.83. The van der Waals surface area contributed by atoms with Gasteiger partial charge in [0.2, 0.25) is 0 Å². The number of hydrogen-bond donors (Lipinski definition) is 0. The van der Waals surface area contributed by atoms with Crippen LogP contribution in [0.3, 0.4) is 0 Å². The summed E-state index contributed by atoms with van der Waals surface area (Å²) in [6, 6.07) is 3.96. The Morgan fingerprint density at radius 1 is 1.33 bits per heavy atom. The second kappa shape index (κ2) is 4.11. The van der Waals surface area contributed by atoms with Crippen LogP contribution in [-0.2, 0) is 4.74 Å². The zero-order chi connectivity index (χ0) is 10.8. The van der Waals surface area contributed by atoms with Gasteiger partial charge in [0.1, 0.15) is 24.2 Å². The van der Waals surface area contributed by atoms with Crippen LogP contribution in [0.25, 0.3) is 0 Å². The van der Waals surface area contributed by atoms with Gasteiger partial charge in [-0.1, -0.05) is 0 Å². The molecule has 0 aliphatic carbocycles. The first-order valence-corrected chi connectivity index (χ1v) is 5.10. The van der Waals surface area contributed by atoms with E-state index in [1.807, 2.05) is 26.0 Å². The zero-order valence-corrected chi connectivity index (χ0v) is 9.37. The number of hydrogen-bond acceptors (Lipinski definition) is 3. The van der Waals surface area contributed by atoms with Crippen molar-refractivity contribution in [3.05, 3.63) is 23.3 Å². The third-order valence-corrected chi connectivity index (χ3v) is 2.49. The summed E-state index contributed by atoms with van der Waals surface area (Å²) in [5.41, 5.74) is 2.21. The van der Waals surface area contributed by atoms with E-state index in [1.54, 1.807) is 7.11 Å². The maximum absolute atomic E-state index is 5.71. The largest absolute Gasteiger partial charge is 0.497 e. The van der Waals surface area contributed by atoms with Crippen LogP contribution in [0, 0.1) is 13.8 Å². The van der Waals surface area contributed by atoms with Crippen molar-refractivity contribution < 1.29 is 14.2 Å². The molecule has 1 aromatic carbocycles. The highest BCUT2D eigenvalue weighted by atomic mass is 16.6. The van der Waals surface area contributed by atoms with E-state index in [-0.39, 0.29) is 0 Å². The molecule has 0 spiro atoms. The van der Waals surface area contributed by atoms with Gasteiger partial charge in [-0.15, -0.1) is 0 Å². The predicted molar refractivity (Wildman–Crippen MR) is 57.7 cm³/mol. The molecule has 0 radical (unpaired) electrons. The number of aryl methyl sites for hydroxylation is 2. The van der Waals surface area contributed by atoms with Crippen molar-refractivity contribution in [2.24, 2.45) is 0 Å². The zero-order valence-electron chi connectivity index (χ0n) is 9.37. The van der Waals surface area contributed by atoms with Gasteiger partial charge in [-0.05, 0) is 37.1 Å². The first-order valence-electron chi connectivity index (χ1n) is 5.10. The molecule has 3 heteroatoms. The Bertz CT molecular complexity index is 333. The molecule has 3 nitrogen and oxygen atoms in total. The van der Waals surface area contributed by atoms with E-state index in [0.717, 1.165) is 29.2 Å². The summed E-state index contributed by atoms with van der Waals surface area (Å²) in [6.45, 7) is 5.53. The van der Waals surface area contributed by atoms with Crippen LogP contribution in [0.4, 0.5) is 0 Å². The fraction of sp³-hybridized carbons (Fsp3) is 0.500. The molecule has 1 unspecified atom stereocenters. The highest BCUT2D eigenvalue weighted by Gasteiger charge is 2.23. The average molecular weight is 208 g/mol. The van der Waals surface area contributed by atoms with Gasteiger partial charge in [0.15, 0.2) is 0 Å². The molecule has 0 saturated carbocycles. The Balaban J connectivity index is 2.13. The highest BCUT2D eigenvalue weighted by molar-refractivity contribution is 5.45. The lowest BCUT2D eigenvalue weighted by Gasteiger charge is -2.12. The monoisotopic (exact) mass is 208 g/mol. The first-order chi connectivity index (χ1) is 7.20. The molecule has 82 valence electrons. The fourth-order valence-electron chi connectivity index (χ4n) is 1.60. The maximum atomic E-state index is 5.71. The Morgan fingerprint density at radius 3 is 2.40 bits per heavy atom. The summed E-state index contributed by atoms with van der Waals surface area (Å²) >= 11 is 0. The molecule has 1 aliphatic heterocycles. The molecule has 0 bridgehead atoms. The smallest absolute Gasteiger partial charge is 0.125 e. The van der Waals surface area contributed by atoms with Crippen LogP contribution in [0.1, 0.15) is 11.1 Å². The molecule has 1 aliphatic rings. The van der Waals surface area contributed by atoms with Gasteiger partial charge in [0.25, 0.3) is 0 Å². The Hall–Kier alpha value is -1.22. The van der Waals surface area contributed by atoms with Gasteiger partial charge in [-0.25, -0.2) is 0 Å². The van der Waals surface area contributed by atoms with Gasteiger partial charge in [-0.2, -0.15) is 0 Å². The number of methoxy groups -OCH3 is 1. The molecule has 1 atom stereocenters. The number of benzene rings is 1. The molecular weight excluding hydrogens is 192 g/mol. The summed E-state index contributed by atoms with van der Waals surface area (Å²) in [7, 11) is 1.67. The second-order valence-corrected chi connectivity index (χ2v) is 3.86. The molecule has 15 heavy (non-hydrogen) atoms. The Morgan fingerprint density at radius 2 is 1.93 bits per heavy atom. The van der Waals surface area contributed by atoms with Crippen molar-refractivity contribution in [1.82, 2.24) is 0 Å². The van der Waals surface area contributed by atoms with Crippen LogP contribution in [0.2, 0.25) is 0 Å². The minimum atomic E-state index is 0.297. The van der Waals surface area contributed by atoms with E-state index in [4.69, 9.17) is 14.2 Å². The molecule has 0 amide bonds. The van der Waals surface area contributed by atoms with E-state index < -0.39 is 0 Å². The van der Waals surface area contributed by atoms with Crippen LogP contribution in [-0.4, -0.2) is 26.4 Å². The first kappa shape index (κ1) is 10.3. The lowest BCUT2D eigenvalue weighted by atomic mass is 10.1. The molecule has 1 heterocycles. The maximum Gasteiger partial charge on any atom is 0.125 e. The van der Waals surface area contributed by atoms with E-state index in [2.05, 4.69) is 0 Å².